The highest BCUT2D eigenvalue weighted by atomic mass is 16.3. The molecule has 106 valence electrons. The first-order valence-electron chi connectivity index (χ1n) is 7.67. The minimum Gasteiger partial charge on any atom is -0.394 e. The Morgan fingerprint density at radius 2 is 1.63 bits per heavy atom. The van der Waals surface area contributed by atoms with E-state index in [0.717, 1.165) is 0 Å². The minimum absolute atomic E-state index is 0.0873. The molecule has 2 heteroatoms. The Hall–Kier alpha value is -0.860. The molecule has 1 aliphatic carbocycles. The molecule has 0 bridgehead atoms. The lowest BCUT2D eigenvalue weighted by molar-refractivity contribution is 0.220. The van der Waals surface area contributed by atoms with Crippen molar-refractivity contribution in [2.45, 2.75) is 64.0 Å². The van der Waals surface area contributed by atoms with E-state index in [1.165, 1.54) is 43.2 Å². The Kier molecular flexibility index (Phi) is 5.41. The first-order chi connectivity index (χ1) is 9.20. The molecule has 0 saturated heterocycles. The maximum absolute atomic E-state index is 9.63. The van der Waals surface area contributed by atoms with Crippen molar-refractivity contribution in [3.05, 3.63) is 35.4 Å². The number of benzene rings is 1. The first kappa shape index (κ1) is 14.5. The standard InChI is InChI=1S/C17H27NO/c1-13(2)14-8-10-15(11-9-14)17(12-19)18-16-6-4-3-5-7-16/h8-11,13,16-19H,3-7,12H2,1-2H3. The van der Waals surface area contributed by atoms with E-state index in [-0.39, 0.29) is 12.6 Å². The number of hydrogen-bond acceptors (Lipinski definition) is 2. The van der Waals surface area contributed by atoms with Crippen LogP contribution in [0.25, 0.3) is 0 Å². The number of hydrogen-bond donors (Lipinski definition) is 2. The maximum Gasteiger partial charge on any atom is 0.0626 e. The van der Waals surface area contributed by atoms with Gasteiger partial charge in [0.15, 0.2) is 0 Å². The van der Waals surface area contributed by atoms with Crippen molar-refractivity contribution in [2.75, 3.05) is 6.61 Å². The average Bonchev–Trinajstić information content (AvgIpc) is 2.46. The zero-order valence-corrected chi connectivity index (χ0v) is 12.2. The summed E-state index contributed by atoms with van der Waals surface area (Å²) in [5.74, 6) is 0.563. The molecular formula is C17H27NO. The lowest BCUT2D eigenvalue weighted by Crippen LogP contribution is -2.36. The largest absolute Gasteiger partial charge is 0.394 e. The molecule has 1 saturated carbocycles. The summed E-state index contributed by atoms with van der Waals surface area (Å²) in [6.45, 7) is 4.59. The van der Waals surface area contributed by atoms with E-state index >= 15 is 0 Å². The summed E-state index contributed by atoms with van der Waals surface area (Å²) in [6, 6.07) is 9.36. The fourth-order valence-electron chi connectivity index (χ4n) is 2.92. The second kappa shape index (κ2) is 7.06. The van der Waals surface area contributed by atoms with Crippen LogP contribution in [0.3, 0.4) is 0 Å². The van der Waals surface area contributed by atoms with Crippen LogP contribution in [0, 0.1) is 0 Å². The van der Waals surface area contributed by atoms with E-state index in [1.54, 1.807) is 0 Å². The van der Waals surface area contributed by atoms with Gasteiger partial charge in [-0.15, -0.1) is 0 Å². The van der Waals surface area contributed by atoms with Gasteiger partial charge in [0, 0.05) is 6.04 Å². The van der Waals surface area contributed by atoms with Crippen LogP contribution in [-0.4, -0.2) is 17.8 Å². The molecule has 1 aliphatic rings. The van der Waals surface area contributed by atoms with Crippen LogP contribution in [0.5, 0.6) is 0 Å². The molecule has 1 unspecified atom stereocenters. The quantitative estimate of drug-likeness (QED) is 0.845. The molecule has 2 rings (SSSR count). The van der Waals surface area contributed by atoms with Gasteiger partial charge in [-0.2, -0.15) is 0 Å². The Bertz CT molecular complexity index is 365. The van der Waals surface area contributed by atoms with Gasteiger partial charge in [0.05, 0.1) is 12.6 Å². The third kappa shape index (κ3) is 4.05. The third-order valence-corrected chi connectivity index (χ3v) is 4.23. The second-order valence-corrected chi connectivity index (χ2v) is 6.06. The van der Waals surface area contributed by atoms with E-state index in [1.807, 2.05) is 0 Å². The molecule has 1 aromatic rings. The zero-order valence-electron chi connectivity index (χ0n) is 12.2. The Morgan fingerprint density at radius 3 is 2.16 bits per heavy atom. The average molecular weight is 261 g/mol. The Labute approximate surface area is 117 Å². The summed E-state index contributed by atoms with van der Waals surface area (Å²) < 4.78 is 0. The number of rotatable bonds is 5. The predicted octanol–water partition coefficient (Wildman–Crippen LogP) is 3.77. The molecule has 1 atom stereocenters. The highest BCUT2D eigenvalue weighted by molar-refractivity contribution is 5.27. The van der Waals surface area contributed by atoms with Crippen molar-refractivity contribution in [2.24, 2.45) is 0 Å². The smallest absolute Gasteiger partial charge is 0.0626 e. The number of aliphatic hydroxyl groups excluding tert-OH is 1. The summed E-state index contributed by atoms with van der Waals surface area (Å²) in [7, 11) is 0. The van der Waals surface area contributed by atoms with Crippen LogP contribution in [-0.2, 0) is 0 Å². The monoisotopic (exact) mass is 261 g/mol. The van der Waals surface area contributed by atoms with Crippen molar-refractivity contribution < 1.29 is 5.11 Å². The third-order valence-electron chi connectivity index (χ3n) is 4.23. The molecule has 0 heterocycles. The Morgan fingerprint density at radius 1 is 1.05 bits per heavy atom. The van der Waals surface area contributed by atoms with Gasteiger partial charge in [0.2, 0.25) is 0 Å². The van der Waals surface area contributed by atoms with Crippen molar-refractivity contribution in [1.82, 2.24) is 5.32 Å². The molecule has 0 spiro atoms. The summed E-state index contributed by atoms with van der Waals surface area (Å²) >= 11 is 0. The van der Waals surface area contributed by atoms with E-state index in [0.29, 0.717) is 12.0 Å². The fraction of sp³-hybridized carbons (Fsp3) is 0.647. The second-order valence-electron chi connectivity index (χ2n) is 6.06. The molecule has 0 amide bonds. The molecule has 0 aliphatic heterocycles. The van der Waals surface area contributed by atoms with Crippen LogP contribution >= 0.6 is 0 Å². The van der Waals surface area contributed by atoms with Gasteiger partial charge < -0.3 is 10.4 Å². The predicted molar refractivity (Wildman–Crippen MR) is 80.4 cm³/mol. The molecule has 2 nitrogen and oxygen atoms in total. The highest BCUT2D eigenvalue weighted by Crippen LogP contribution is 2.23. The Balaban J connectivity index is 1.99. The van der Waals surface area contributed by atoms with Gasteiger partial charge in [-0.05, 0) is 29.9 Å². The van der Waals surface area contributed by atoms with Crippen LogP contribution in [0.2, 0.25) is 0 Å². The van der Waals surface area contributed by atoms with Gasteiger partial charge in [-0.25, -0.2) is 0 Å². The highest BCUT2D eigenvalue weighted by Gasteiger charge is 2.18. The van der Waals surface area contributed by atoms with Crippen LogP contribution in [0.4, 0.5) is 0 Å². The van der Waals surface area contributed by atoms with Crippen molar-refractivity contribution >= 4 is 0 Å². The summed E-state index contributed by atoms with van der Waals surface area (Å²) in [5, 5.41) is 13.2. The van der Waals surface area contributed by atoms with E-state index in [4.69, 9.17) is 0 Å². The van der Waals surface area contributed by atoms with Gasteiger partial charge >= 0.3 is 0 Å². The van der Waals surface area contributed by atoms with Crippen molar-refractivity contribution in [3.63, 3.8) is 0 Å². The molecule has 0 aromatic heterocycles. The van der Waals surface area contributed by atoms with Crippen LogP contribution < -0.4 is 5.32 Å². The van der Waals surface area contributed by atoms with Crippen molar-refractivity contribution in [3.8, 4) is 0 Å². The fourth-order valence-corrected chi connectivity index (χ4v) is 2.92. The molecule has 2 N–H and O–H groups in total. The molecule has 1 fully saturated rings. The summed E-state index contributed by atoms with van der Waals surface area (Å²) in [5.41, 5.74) is 2.57. The van der Waals surface area contributed by atoms with Gasteiger partial charge in [0.25, 0.3) is 0 Å². The van der Waals surface area contributed by atoms with Crippen LogP contribution in [0.1, 0.15) is 69.0 Å². The summed E-state index contributed by atoms with van der Waals surface area (Å²) in [4.78, 5) is 0. The lowest BCUT2D eigenvalue weighted by atomic mass is 9.93. The molecule has 0 radical (unpaired) electrons. The topological polar surface area (TPSA) is 32.3 Å². The number of aliphatic hydroxyl groups is 1. The summed E-state index contributed by atoms with van der Waals surface area (Å²) in [6.07, 6.45) is 6.51. The number of nitrogens with one attached hydrogen (secondary N) is 1. The molecule has 1 aromatic carbocycles. The van der Waals surface area contributed by atoms with Crippen LogP contribution in [0.15, 0.2) is 24.3 Å². The lowest BCUT2D eigenvalue weighted by Gasteiger charge is -2.28. The van der Waals surface area contributed by atoms with Gasteiger partial charge in [-0.3, -0.25) is 0 Å². The first-order valence-corrected chi connectivity index (χ1v) is 7.67. The van der Waals surface area contributed by atoms with E-state index in [9.17, 15) is 5.11 Å². The maximum atomic E-state index is 9.63. The molecular weight excluding hydrogens is 234 g/mol. The normalized spacial score (nSPS) is 18.7. The van der Waals surface area contributed by atoms with Gasteiger partial charge in [-0.1, -0.05) is 57.4 Å². The van der Waals surface area contributed by atoms with E-state index in [2.05, 4.69) is 43.4 Å². The van der Waals surface area contributed by atoms with Crippen molar-refractivity contribution in [1.29, 1.82) is 0 Å². The molecule has 19 heavy (non-hydrogen) atoms. The van der Waals surface area contributed by atoms with Gasteiger partial charge in [0.1, 0.15) is 0 Å². The van der Waals surface area contributed by atoms with E-state index < -0.39 is 0 Å². The zero-order chi connectivity index (χ0) is 13.7. The SMILES string of the molecule is CC(C)c1ccc(C(CO)NC2CCCCC2)cc1. The minimum atomic E-state index is 0.0873.